The molecule has 0 atom stereocenters. The second-order valence-electron chi connectivity index (χ2n) is 1.82. The fourth-order valence-corrected chi connectivity index (χ4v) is 0.526. The first-order valence-electron chi connectivity index (χ1n) is 2.88. The quantitative estimate of drug-likeness (QED) is 0.496. The van der Waals surface area contributed by atoms with Gasteiger partial charge in [-0.3, -0.25) is 9.69 Å². The SMILES string of the molecule is O=C(O)CN(CCO)C(=O)O. The van der Waals surface area contributed by atoms with Crippen LogP contribution in [0.4, 0.5) is 4.79 Å². The first-order valence-corrected chi connectivity index (χ1v) is 2.88. The molecule has 0 aromatic rings. The summed E-state index contributed by atoms with van der Waals surface area (Å²) in [6.07, 6.45) is -1.35. The van der Waals surface area contributed by atoms with Crippen molar-refractivity contribution in [3.05, 3.63) is 0 Å². The number of carbonyl (C=O) groups is 2. The molecule has 1 amide bonds. The van der Waals surface area contributed by atoms with Crippen LogP contribution in [0.2, 0.25) is 0 Å². The van der Waals surface area contributed by atoms with Gasteiger partial charge in [0.1, 0.15) is 6.54 Å². The topological polar surface area (TPSA) is 98.1 Å². The summed E-state index contributed by atoms with van der Waals surface area (Å²) >= 11 is 0. The number of carboxylic acid groups (broad SMARTS) is 2. The van der Waals surface area contributed by atoms with Gasteiger partial charge in [-0.25, -0.2) is 4.79 Å². The average Bonchev–Trinajstić information content (AvgIpc) is 1.86. The van der Waals surface area contributed by atoms with Crippen molar-refractivity contribution in [2.75, 3.05) is 19.7 Å². The largest absolute Gasteiger partial charge is 0.480 e. The van der Waals surface area contributed by atoms with Crippen LogP contribution in [0.25, 0.3) is 0 Å². The molecule has 0 fully saturated rings. The lowest BCUT2D eigenvalue weighted by molar-refractivity contribution is -0.138. The predicted molar refractivity (Wildman–Crippen MR) is 34.3 cm³/mol. The van der Waals surface area contributed by atoms with Gasteiger partial charge in [-0.05, 0) is 0 Å². The van der Waals surface area contributed by atoms with Crippen LogP contribution in [0.3, 0.4) is 0 Å². The lowest BCUT2D eigenvalue weighted by Gasteiger charge is -2.14. The van der Waals surface area contributed by atoms with E-state index in [1.165, 1.54) is 0 Å². The van der Waals surface area contributed by atoms with Crippen molar-refractivity contribution < 1.29 is 24.9 Å². The lowest BCUT2D eigenvalue weighted by atomic mass is 10.5. The van der Waals surface area contributed by atoms with Crippen LogP contribution in [0.15, 0.2) is 0 Å². The monoisotopic (exact) mass is 163 g/mol. The zero-order valence-corrected chi connectivity index (χ0v) is 5.73. The smallest absolute Gasteiger partial charge is 0.407 e. The maximum atomic E-state index is 10.2. The average molecular weight is 163 g/mol. The Kier molecular flexibility index (Phi) is 3.97. The van der Waals surface area contributed by atoms with E-state index in [0.29, 0.717) is 4.90 Å². The van der Waals surface area contributed by atoms with E-state index in [9.17, 15) is 9.59 Å². The van der Waals surface area contributed by atoms with Gasteiger partial charge in [0.05, 0.1) is 6.61 Å². The summed E-state index contributed by atoms with van der Waals surface area (Å²) in [4.78, 5) is 20.8. The summed E-state index contributed by atoms with van der Waals surface area (Å²) in [5.74, 6) is -1.24. The van der Waals surface area contributed by atoms with Gasteiger partial charge in [0.15, 0.2) is 0 Å². The Morgan fingerprint density at radius 3 is 2.09 bits per heavy atom. The Morgan fingerprint density at radius 2 is 1.82 bits per heavy atom. The summed E-state index contributed by atoms with van der Waals surface area (Å²) in [5, 5.41) is 24.8. The maximum absolute atomic E-state index is 10.2. The van der Waals surface area contributed by atoms with E-state index in [2.05, 4.69) is 0 Å². The molecule has 6 heteroatoms. The van der Waals surface area contributed by atoms with Crippen molar-refractivity contribution in [1.82, 2.24) is 4.90 Å². The Hall–Kier alpha value is -1.30. The number of aliphatic hydroxyl groups excluding tert-OH is 1. The molecular formula is C5H9NO5. The van der Waals surface area contributed by atoms with Gasteiger partial charge in [0, 0.05) is 6.54 Å². The number of nitrogens with zero attached hydrogens (tertiary/aromatic N) is 1. The molecule has 0 radical (unpaired) electrons. The number of rotatable bonds is 4. The third-order valence-electron chi connectivity index (χ3n) is 0.967. The van der Waals surface area contributed by atoms with E-state index in [0.717, 1.165) is 0 Å². The molecule has 0 saturated heterocycles. The molecule has 0 aromatic carbocycles. The summed E-state index contributed by atoms with van der Waals surface area (Å²) in [6.45, 7) is -1.16. The minimum atomic E-state index is -1.35. The Morgan fingerprint density at radius 1 is 1.27 bits per heavy atom. The van der Waals surface area contributed by atoms with E-state index in [1.54, 1.807) is 0 Å². The number of aliphatic hydroxyl groups is 1. The Labute approximate surface area is 62.7 Å². The molecule has 6 nitrogen and oxygen atoms in total. The number of carboxylic acids is 1. The molecule has 3 N–H and O–H groups in total. The molecule has 0 rings (SSSR count). The van der Waals surface area contributed by atoms with Gasteiger partial charge in [0.2, 0.25) is 0 Å². The van der Waals surface area contributed by atoms with Gasteiger partial charge in [-0.15, -0.1) is 0 Å². The van der Waals surface area contributed by atoms with Gasteiger partial charge in [-0.1, -0.05) is 0 Å². The van der Waals surface area contributed by atoms with Crippen LogP contribution in [-0.2, 0) is 4.79 Å². The molecule has 0 aliphatic heterocycles. The standard InChI is InChI=1S/C5H9NO5/c7-2-1-6(5(10)11)3-4(8)9/h7H,1-3H2,(H,8,9)(H,10,11). The second-order valence-corrected chi connectivity index (χ2v) is 1.82. The van der Waals surface area contributed by atoms with Crippen molar-refractivity contribution in [2.24, 2.45) is 0 Å². The van der Waals surface area contributed by atoms with Gasteiger partial charge in [0.25, 0.3) is 0 Å². The highest BCUT2D eigenvalue weighted by Gasteiger charge is 2.13. The van der Waals surface area contributed by atoms with Crippen LogP contribution < -0.4 is 0 Å². The van der Waals surface area contributed by atoms with Gasteiger partial charge >= 0.3 is 12.1 Å². The number of hydrogen-bond acceptors (Lipinski definition) is 3. The van der Waals surface area contributed by atoms with Crippen molar-refractivity contribution in [3.63, 3.8) is 0 Å². The first kappa shape index (κ1) is 9.70. The van der Waals surface area contributed by atoms with Crippen LogP contribution in [0, 0.1) is 0 Å². The van der Waals surface area contributed by atoms with E-state index in [1.807, 2.05) is 0 Å². The fraction of sp³-hybridized carbons (Fsp3) is 0.600. The van der Waals surface area contributed by atoms with Crippen LogP contribution >= 0.6 is 0 Å². The number of amides is 1. The van der Waals surface area contributed by atoms with Gasteiger partial charge < -0.3 is 15.3 Å². The minimum Gasteiger partial charge on any atom is -0.480 e. The molecule has 0 aliphatic carbocycles. The van der Waals surface area contributed by atoms with Crippen LogP contribution in [-0.4, -0.2) is 52.0 Å². The molecule has 0 heterocycles. The Balaban J connectivity index is 3.89. The molecule has 0 unspecified atom stereocenters. The maximum Gasteiger partial charge on any atom is 0.407 e. The highest BCUT2D eigenvalue weighted by atomic mass is 16.4. The number of aliphatic carboxylic acids is 1. The van der Waals surface area contributed by atoms with E-state index < -0.39 is 18.6 Å². The summed E-state index contributed by atoms with van der Waals surface area (Å²) in [5.41, 5.74) is 0. The molecule has 64 valence electrons. The fourth-order valence-electron chi connectivity index (χ4n) is 0.526. The molecular weight excluding hydrogens is 154 g/mol. The van der Waals surface area contributed by atoms with E-state index in [4.69, 9.17) is 15.3 Å². The zero-order valence-electron chi connectivity index (χ0n) is 5.73. The minimum absolute atomic E-state index is 0.179. The Bertz CT molecular complexity index is 157. The summed E-state index contributed by atoms with van der Waals surface area (Å²) in [6, 6.07) is 0. The molecule has 0 aliphatic rings. The normalized spacial score (nSPS) is 9.18. The van der Waals surface area contributed by atoms with Crippen LogP contribution in [0.1, 0.15) is 0 Å². The highest BCUT2D eigenvalue weighted by Crippen LogP contribution is 1.87. The molecule has 0 aromatic heterocycles. The summed E-state index contributed by atoms with van der Waals surface area (Å²) in [7, 11) is 0. The van der Waals surface area contributed by atoms with Crippen molar-refractivity contribution in [3.8, 4) is 0 Å². The first-order chi connectivity index (χ1) is 5.07. The highest BCUT2D eigenvalue weighted by molar-refractivity contribution is 5.75. The van der Waals surface area contributed by atoms with Crippen molar-refractivity contribution in [1.29, 1.82) is 0 Å². The summed E-state index contributed by atoms with van der Waals surface area (Å²) < 4.78 is 0. The van der Waals surface area contributed by atoms with Gasteiger partial charge in [-0.2, -0.15) is 0 Å². The van der Waals surface area contributed by atoms with Crippen molar-refractivity contribution >= 4 is 12.1 Å². The zero-order chi connectivity index (χ0) is 8.85. The van der Waals surface area contributed by atoms with Crippen LogP contribution in [0.5, 0.6) is 0 Å². The predicted octanol–water partition coefficient (Wildman–Crippen LogP) is -0.957. The van der Waals surface area contributed by atoms with Crippen molar-refractivity contribution in [2.45, 2.75) is 0 Å². The second kappa shape index (κ2) is 4.51. The molecule has 0 saturated carbocycles. The molecule has 0 bridgehead atoms. The third kappa shape index (κ3) is 4.15. The lowest BCUT2D eigenvalue weighted by Crippen LogP contribution is -2.36. The van der Waals surface area contributed by atoms with E-state index in [-0.39, 0.29) is 13.2 Å². The molecule has 11 heavy (non-hydrogen) atoms. The van der Waals surface area contributed by atoms with E-state index >= 15 is 0 Å². The molecule has 0 spiro atoms. The third-order valence-corrected chi connectivity index (χ3v) is 0.967. The number of hydrogen-bond donors (Lipinski definition) is 3.